The molecule has 0 bridgehead atoms. The SMILES string of the molecule is CCOCC1CSC2=C(SC(=C3SC4=C(SCCS4)S3)S2)S1. The summed E-state index contributed by atoms with van der Waals surface area (Å²) in [6.45, 7) is 3.78. The Morgan fingerprint density at radius 3 is 2.05 bits per heavy atom. The fourth-order valence-electron chi connectivity index (χ4n) is 2.00. The first-order valence-electron chi connectivity index (χ1n) is 6.90. The van der Waals surface area contributed by atoms with Crippen molar-refractivity contribution in [3.8, 4) is 0 Å². The number of ether oxygens (including phenoxy) is 1. The van der Waals surface area contributed by atoms with Gasteiger partial charge in [0.2, 0.25) is 0 Å². The van der Waals surface area contributed by atoms with Crippen LogP contribution >= 0.6 is 94.1 Å². The third-order valence-electron chi connectivity index (χ3n) is 2.97. The van der Waals surface area contributed by atoms with E-state index in [1.165, 1.54) is 34.2 Å². The van der Waals surface area contributed by atoms with Gasteiger partial charge in [-0.25, -0.2) is 0 Å². The van der Waals surface area contributed by atoms with Crippen LogP contribution in [0, 0.1) is 0 Å². The van der Waals surface area contributed by atoms with Crippen LogP contribution < -0.4 is 0 Å². The predicted octanol–water partition coefficient (Wildman–Crippen LogP) is 6.69. The minimum absolute atomic E-state index is 0.613. The first kappa shape index (κ1) is 17.4. The van der Waals surface area contributed by atoms with E-state index >= 15 is 0 Å². The van der Waals surface area contributed by atoms with Crippen molar-refractivity contribution in [2.24, 2.45) is 0 Å². The molecule has 0 spiro atoms. The van der Waals surface area contributed by atoms with E-state index < -0.39 is 0 Å². The van der Waals surface area contributed by atoms with Gasteiger partial charge < -0.3 is 4.74 Å². The maximum absolute atomic E-state index is 5.61. The zero-order chi connectivity index (χ0) is 14.9. The van der Waals surface area contributed by atoms with E-state index in [1.807, 2.05) is 94.1 Å². The molecule has 22 heavy (non-hydrogen) atoms. The number of thioether (sulfide) groups is 8. The van der Waals surface area contributed by atoms with Crippen LogP contribution in [0.3, 0.4) is 0 Å². The van der Waals surface area contributed by atoms with Crippen LogP contribution in [0.15, 0.2) is 25.4 Å². The van der Waals surface area contributed by atoms with Crippen molar-refractivity contribution < 1.29 is 4.74 Å². The second-order valence-electron chi connectivity index (χ2n) is 4.54. The molecule has 0 aliphatic carbocycles. The molecule has 0 N–H and O–H groups in total. The van der Waals surface area contributed by atoms with E-state index in [-0.39, 0.29) is 0 Å². The summed E-state index contributed by atoms with van der Waals surface area (Å²) in [5.74, 6) is 3.71. The molecule has 1 atom stereocenters. The number of hydrogen-bond acceptors (Lipinski definition) is 9. The molecule has 0 aromatic heterocycles. The average Bonchev–Trinajstić information content (AvgIpc) is 3.15. The van der Waals surface area contributed by atoms with E-state index in [1.54, 1.807) is 8.47 Å². The molecule has 1 nitrogen and oxygen atoms in total. The lowest BCUT2D eigenvalue weighted by atomic mass is 10.5. The Bertz CT molecular complexity index is 546. The van der Waals surface area contributed by atoms with Gasteiger partial charge in [0, 0.05) is 29.1 Å². The smallest absolute Gasteiger partial charge is 0.0717 e. The summed E-state index contributed by atoms with van der Waals surface area (Å²) in [5, 5.41) is 0.613. The van der Waals surface area contributed by atoms with Gasteiger partial charge in [-0.3, -0.25) is 0 Å². The summed E-state index contributed by atoms with van der Waals surface area (Å²) in [6, 6.07) is 0. The lowest BCUT2D eigenvalue weighted by Crippen LogP contribution is -2.16. The van der Waals surface area contributed by atoms with Crippen molar-refractivity contribution in [3.05, 3.63) is 25.4 Å². The molecule has 0 saturated carbocycles. The second-order valence-corrected chi connectivity index (χ2v) is 14.7. The van der Waals surface area contributed by atoms with Crippen molar-refractivity contribution in [2.45, 2.75) is 12.2 Å². The summed E-state index contributed by atoms with van der Waals surface area (Å²) < 4.78 is 14.8. The summed E-state index contributed by atoms with van der Waals surface area (Å²) in [5.41, 5.74) is 0. The Labute approximate surface area is 165 Å². The molecule has 4 aliphatic rings. The van der Waals surface area contributed by atoms with Gasteiger partial charge in [0.25, 0.3) is 0 Å². The number of hydrogen-bond donors (Lipinski definition) is 0. The average molecular weight is 443 g/mol. The van der Waals surface area contributed by atoms with E-state index in [0.29, 0.717) is 5.25 Å². The molecule has 0 aromatic carbocycles. The summed E-state index contributed by atoms with van der Waals surface area (Å²) >= 11 is 16.1. The maximum atomic E-state index is 5.61. The van der Waals surface area contributed by atoms with Crippen molar-refractivity contribution in [1.29, 1.82) is 0 Å². The molecule has 0 radical (unpaired) electrons. The highest BCUT2D eigenvalue weighted by Gasteiger charge is 2.34. The molecule has 0 amide bonds. The van der Waals surface area contributed by atoms with Gasteiger partial charge in [0.05, 0.1) is 32.0 Å². The Kier molecular flexibility index (Phi) is 6.42. The molecule has 0 aromatic rings. The van der Waals surface area contributed by atoms with Crippen LogP contribution in [0.5, 0.6) is 0 Å². The third kappa shape index (κ3) is 3.87. The number of rotatable bonds is 3. The molecule has 4 aliphatic heterocycles. The van der Waals surface area contributed by atoms with Gasteiger partial charge in [-0.1, -0.05) is 47.0 Å². The lowest BCUT2D eigenvalue weighted by Gasteiger charge is -2.20. The Hall–Kier alpha value is 1.98. The second kappa shape index (κ2) is 8.12. The molecule has 120 valence electrons. The Morgan fingerprint density at radius 2 is 1.41 bits per heavy atom. The molecule has 9 heteroatoms. The zero-order valence-corrected chi connectivity index (χ0v) is 18.3. The van der Waals surface area contributed by atoms with Crippen molar-refractivity contribution in [2.75, 3.05) is 30.5 Å². The van der Waals surface area contributed by atoms with Gasteiger partial charge in [-0.05, 0) is 6.92 Å². The van der Waals surface area contributed by atoms with Gasteiger partial charge in [0.1, 0.15) is 0 Å². The molecular weight excluding hydrogens is 429 g/mol. The molecule has 4 heterocycles. The topological polar surface area (TPSA) is 9.23 Å². The van der Waals surface area contributed by atoms with Gasteiger partial charge in [-0.15, -0.1) is 47.0 Å². The summed E-state index contributed by atoms with van der Waals surface area (Å²) in [4.78, 5) is 0. The Balaban J connectivity index is 1.41. The van der Waals surface area contributed by atoms with Crippen molar-refractivity contribution >= 4 is 94.1 Å². The fraction of sp³-hybridized carbons (Fsp3) is 0.538. The van der Waals surface area contributed by atoms with E-state index in [2.05, 4.69) is 6.92 Å². The monoisotopic (exact) mass is 442 g/mol. The maximum Gasteiger partial charge on any atom is 0.0717 e. The molecule has 4 rings (SSSR count). The van der Waals surface area contributed by atoms with Gasteiger partial charge in [-0.2, -0.15) is 0 Å². The fourth-order valence-corrected chi connectivity index (χ4v) is 14.5. The first-order valence-corrected chi connectivity index (χ1v) is 14.0. The molecule has 0 saturated heterocycles. The molecule has 0 fully saturated rings. The largest absolute Gasteiger partial charge is 0.381 e. The Morgan fingerprint density at radius 1 is 0.818 bits per heavy atom. The summed E-state index contributed by atoms with van der Waals surface area (Å²) in [6.07, 6.45) is 0. The van der Waals surface area contributed by atoms with Crippen LogP contribution in [-0.4, -0.2) is 35.7 Å². The standard InChI is InChI=1S/C13H14OS8/c1-2-14-5-7-6-17-10-11(18-7)22-13(21-10)12-19-8-9(20-12)16-4-3-15-8/h7H,2-6H2,1H3. The molecule has 1 unspecified atom stereocenters. The van der Waals surface area contributed by atoms with Crippen LogP contribution in [0.25, 0.3) is 0 Å². The minimum atomic E-state index is 0.613. The quantitative estimate of drug-likeness (QED) is 0.468. The van der Waals surface area contributed by atoms with E-state index in [9.17, 15) is 0 Å². The van der Waals surface area contributed by atoms with Crippen molar-refractivity contribution in [1.82, 2.24) is 0 Å². The predicted molar refractivity (Wildman–Crippen MR) is 117 cm³/mol. The molecular formula is C13H14OS8. The van der Waals surface area contributed by atoms with Crippen LogP contribution in [0.2, 0.25) is 0 Å². The normalized spacial score (nSPS) is 28.5. The summed E-state index contributed by atoms with van der Waals surface area (Å²) in [7, 11) is 0. The highest BCUT2D eigenvalue weighted by molar-refractivity contribution is 8.45. The van der Waals surface area contributed by atoms with Gasteiger partial charge >= 0.3 is 0 Å². The lowest BCUT2D eigenvalue weighted by molar-refractivity contribution is 0.152. The highest BCUT2D eigenvalue weighted by atomic mass is 32.3. The van der Waals surface area contributed by atoms with Crippen LogP contribution in [0.4, 0.5) is 0 Å². The third-order valence-corrected chi connectivity index (χ3v) is 15.3. The van der Waals surface area contributed by atoms with Crippen LogP contribution in [-0.2, 0) is 4.74 Å². The van der Waals surface area contributed by atoms with E-state index in [0.717, 1.165) is 13.2 Å². The minimum Gasteiger partial charge on any atom is -0.381 e. The highest BCUT2D eigenvalue weighted by Crippen LogP contribution is 2.68. The zero-order valence-electron chi connectivity index (χ0n) is 11.8. The first-order chi connectivity index (χ1) is 10.8. The van der Waals surface area contributed by atoms with E-state index in [4.69, 9.17) is 4.74 Å². The van der Waals surface area contributed by atoms with Crippen LogP contribution in [0.1, 0.15) is 6.92 Å². The van der Waals surface area contributed by atoms with Gasteiger partial charge in [0.15, 0.2) is 0 Å². The van der Waals surface area contributed by atoms with Crippen molar-refractivity contribution in [3.63, 3.8) is 0 Å².